The standard InChI is InChI=1S/C14H17N3O2/c18-14(17-10-12-4-1-8-16-12)6-3-9-19-13-5-2-7-15-11-13/h1-2,4-5,7-8,11,16H,3,6,9-10H2,(H,17,18). The Bertz CT molecular complexity index is 483. The highest BCUT2D eigenvalue weighted by molar-refractivity contribution is 5.75. The van der Waals surface area contributed by atoms with Crippen molar-refractivity contribution in [2.45, 2.75) is 19.4 Å². The molecule has 5 heteroatoms. The van der Waals surface area contributed by atoms with E-state index < -0.39 is 0 Å². The molecule has 2 N–H and O–H groups in total. The lowest BCUT2D eigenvalue weighted by atomic mass is 10.3. The Kier molecular flexibility index (Phi) is 4.98. The fraction of sp³-hybridized carbons (Fsp3) is 0.286. The summed E-state index contributed by atoms with van der Waals surface area (Å²) in [6.07, 6.45) is 6.34. The summed E-state index contributed by atoms with van der Waals surface area (Å²) >= 11 is 0. The highest BCUT2D eigenvalue weighted by Gasteiger charge is 2.02. The second-order valence-corrected chi connectivity index (χ2v) is 4.11. The zero-order valence-corrected chi connectivity index (χ0v) is 10.6. The molecule has 5 nitrogen and oxygen atoms in total. The Hall–Kier alpha value is -2.30. The van der Waals surface area contributed by atoms with E-state index in [0.29, 0.717) is 26.0 Å². The molecule has 100 valence electrons. The first-order chi connectivity index (χ1) is 9.34. The third kappa shape index (κ3) is 4.83. The molecule has 0 aliphatic rings. The van der Waals surface area contributed by atoms with Crippen LogP contribution in [0.4, 0.5) is 0 Å². The van der Waals surface area contributed by atoms with Crippen LogP contribution in [-0.2, 0) is 11.3 Å². The van der Waals surface area contributed by atoms with E-state index in [2.05, 4.69) is 15.3 Å². The molecule has 0 radical (unpaired) electrons. The molecule has 0 aliphatic carbocycles. The Labute approximate surface area is 112 Å². The molecule has 0 saturated heterocycles. The first-order valence-corrected chi connectivity index (χ1v) is 6.26. The smallest absolute Gasteiger partial charge is 0.220 e. The van der Waals surface area contributed by atoms with Gasteiger partial charge in [-0.2, -0.15) is 0 Å². The van der Waals surface area contributed by atoms with Crippen molar-refractivity contribution in [3.8, 4) is 5.75 Å². The van der Waals surface area contributed by atoms with Crippen LogP contribution in [0.5, 0.6) is 5.75 Å². The van der Waals surface area contributed by atoms with Gasteiger partial charge < -0.3 is 15.0 Å². The van der Waals surface area contributed by atoms with E-state index in [0.717, 1.165) is 11.4 Å². The summed E-state index contributed by atoms with van der Waals surface area (Å²) in [6, 6.07) is 7.51. The second kappa shape index (κ2) is 7.20. The SMILES string of the molecule is O=C(CCCOc1cccnc1)NCc1ccc[nH]1. The number of H-pyrrole nitrogens is 1. The molecule has 19 heavy (non-hydrogen) atoms. The fourth-order valence-corrected chi connectivity index (χ4v) is 1.61. The molecule has 0 spiro atoms. The van der Waals surface area contributed by atoms with Gasteiger partial charge in [-0.25, -0.2) is 0 Å². The molecule has 0 saturated carbocycles. The van der Waals surface area contributed by atoms with Crippen LogP contribution in [0.3, 0.4) is 0 Å². The van der Waals surface area contributed by atoms with Gasteiger partial charge in [0.05, 0.1) is 19.3 Å². The number of carbonyl (C=O) groups excluding carboxylic acids is 1. The first-order valence-electron chi connectivity index (χ1n) is 6.26. The quantitative estimate of drug-likeness (QED) is 0.746. The average molecular weight is 259 g/mol. The van der Waals surface area contributed by atoms with Gasteiger partial charge in [0.25, 0.3) is 0 Å². The predicted octanol–water partition coefficient (Wildman–Crippen LogP) is 1.89. The van der Waals surface area contributed by atoms with Crippen molar-refractivity contribution in [1.82, 2.24) is 15.3 Å². The molecule has 2 rings (SSSR count). The summed E-state index contributed by atoms with van der Waals surface area (Å²) in [5.41, 5.74) is 1.000. The topological polar surface area (TPSA) is 67.0 Å². The summed E-state index contributed by atoms with van der Waals surface area (Å²) in [7, 11) is 0. The highest BCUT2D eigenvalue weighted by atomic mass is 16.5. The predicted molar refractivity (Wildman–Crippen MR) is 71.6 cm³/mol. The molecule has 0 atom stereocenters. The molecule has 0 aliphatic heterocycles. The van der Waals surface area contributed by atoms with Crippen molar-refractivity contribution in [2.24, 2.45) is 0 Å². The van der Waals surface area contributed by atoms with Gasteiger partial charge in [-0.3, -0.25) is 9.78 Å². The van der Waals surface area contributed by atoms with Crippen LogP contribution < -0.4 is 10.1 Å². The Balaban J connectivity index is 1.57. The van der Waals surface area contributed by atoms with Crippen molar-refractivity contribution >= 4 is 5.91 Å². The number of hydrogen-bond acceptors (Lipinski definition) is 3. The lowest BCUT2D eigenvalue weighted by molar-refractivity contribution is -0.121. The summed E-state index contributed by atoms with van der Waals surface area (Å²) in [6.45, 7) is 1.05. The van der Waals surface area contributed by atoms with Gasteiger partial charge in [-0.15, -0.1) is 0 Å². The van der Waals surface area contributed by atoms with E-state index in [9.17, 15) is 4.79 Å². The number of pyridine rings is 1. The van der Waals surface area contributed by atoms with E-state index in [1.54, 1.807) is 12.4 Å². The third-order valence-electron chi connectivity index (χ3n) is 2.59. The second-order valence-electron chi connectivity index (χ2n) is 4.11. The minimum Gasteiger partial charge on any atom is -0.492 e. The molecule has 0 fully saturated rings. The van der Waals surface area contributed by atoms with E-state index in [-0.39, 0.29) is 5.91 Å². The Morgan fingerprint density at radius 3 is 3.05 bits per heavy atom. The first kappa shape index (κ1) is 13.1. The van der Waals surface area contributed by atoms with Gasteiger partial charge in [0.1, 0.15) is 5.75 Å². The number of rotatable bonds is 7. The van der Waals surface area contributed by atoms with Gasteiger partial charge in [-0.05, 0) is 30.7 Å². The number of nitrogens with one attached hydrogen (secondary N) is 2. The molecule has 2 aromatic heterocycles. The van der Waals surface area contributed by atoms with Gasteiger partial charge in [0.15, 0.2) is 0 Å². The molecule has 1 amide bonds. The average Bonchev–Trinajstić information content (AvgIpc) is 2.96. The Morgan fingerprint density at radius 1 is 1.37 bits per heavy atom. The largest absolute Gasteiger partial charge is 0.492 e. The van der Waals surface area contributed by atoms with E-state index in [4.69, 9.17) is 4.74 Å². The van der Waals surface area contributed by atoms with Crippen molar-refractivity contribution in [1.29, 1.82) is 0 Å². The van der Waals surface area contributed by atoms with Crippen LogP contribution in [0.25, 0.3) is 0 Å². The van der Waals surface area contributed by atoms with E-state index >= 15 is 0 Å². The van der Waals surface area contributed by atoms with Gasteiger partial charge in [-0.1, -0.05) is 0 Å². The lowest BCUT2D eigenvalue weighted by Crippen LogP contribution is -2.23. The third-order valence-corrected chi connectivity index (χ3v) is 2.59. The van der Waals surface area contributed by atoms with Crippen LogP contribution in [-0.4, -0.2) is 22.5 Å². The normalized spacial score (nSPS) is 10.1. The molecular weight excluding hydrogens is 242 g/mol. The minimum absolute atomic E-state index is 0.0318. The number of carbonyl (C=O) groups is 1. The molecule has 2 aromatic rings. The number of aromatic amines is 1. The van der Waals surface area contributed by atoms with Crippen LogP contribution in [0.2, 0.25) is 0 Å². The van der Waals surface area contributed by atoms with Gasteiger partial charge >= 0.3 is 0 Å². The van der Waals surface area contributed by atoms with Crippen LogP contribution in [0.1, 0.15) is 18.5 Å². The number of ether oxygens (including phenoxy) is 1. The van der Waals surface area contributed by atoms with E-state index in [1.165, 1.54) is 0 Å². The number of aromatic nitrogens is 2. The number of amides is 1. The van der Waals surface area contributed by atoms with Crippen LogP contribution >= 0.6 is 0 Å². The van der Waals surface area contributed by atoms with Crippen molar-refractivity contribution in [3.05, 3.63) is 48.5 Å². The molecule has 0 aromatic carbocycles. The molecule has 0 unspecified atom stereocenters. The summed E-state index contributed by atoms with van der Waals surface area (Å²) in [5.74, 6) is 0.763. The van der Waals surface area contributed by atoms with E-state index in [1.807, 2.05) is 30.5 Å². The maximum Gasteiger partial charge on any atom is 0.220 e. The van der Waals surface area contributed by atoms with Crippen molar-refractivity contribution in [3.63, 3.8) is 0 Å². The highest BCUT2D eigenvalue weighted by Crippen LogP contribution is 2.06. The number of hydrogen-bond donors (Lipinski definition) is 2. The summed E-state index contributed by atoms with van der Waals surface area (Å²) in [4.78, 5) is 18.5. The molecular formula is C14H17N3O2. The zero-order chi connectivity index (χ0) is 13.3. The van der Waals surface area contributed by atoms with Crippen molar-refractivity contribution in [2.75, 3.05) is 6.61 Å². The fourth-order valence-electron chi connectivity index (χ4n) is 1.61. The zero-order valence-electron chi connectivity index (χ0n) is 10.6. The van der Waals surface area contributed by atoms with Crippen LogP contribution in [0.15, 0.2) is 42.9 Å². The van der Waals surface area contributed by atoms with Gasteiger partial charge in [0.2, 0.25) is 5.91 Å². The minimum atomic E-state index is 0.0318. The maximum atomic E-state index is 11.6. The number of nitrogens with zero attached hydrogens (tertiary/aromatic N) is 1. The Morgan fingerprint density at radius 2 is 2.32 bits per heavy atom. The molecule has 2 heterocycles. The lowest BCUT2D eigenvalue weighted by Gasteiger charge is -2.06. The van der Waals surface area contributed by atoms with Crippen molar-refractivity contribution < 1.29 is 9.53 Å². The molecule has 0 bridgehead atoms. The maximum absolute atomic E-state index is 11.6. The van der Waals surface area contributed by atoms with Gasteiger partial charge in [0, 0.05) is 24.5 Å². The van der Waals surface area contributed by atoms with Crippen LogP contribution in [0, 0.1) is 0 Å². The summed E-state index contributed by atoms with van der Waals surface area (Å²) < 4.78 is 5.46. The summed E-state index contributed by atoms with van der Waals surface area (Å²) in [5, 5.41) is 2.85. The monoisotopic (exact) mass is 259 g/mol.